The van der Waals surface area contributed by atoms with E-state index in [9.17, 15) is 4.79 Å². The monoisotopic (exact) mass is 277 g/mol. The van der Waals surface area contributed by atoms with E-state index >= 15 is 0 Å². The van der Waals surface area contributed by atoms with Crippen LogP contribution < -0.4 is 4.74 Å². The minimum absolute atomic E-state index is 0.452. The lowest BCUT2D eigenvalue weighted by molar-refractivity contribution is -0.240. The van der Waals surface area contributed by atoms with E-state index in [-0.39, 0.29) is 0 Å². The number of benzene rings is 1. The summed E-state index contributed by atoms with van der Waals surface area (Å²) in [6.07, 6.45) is 6.08. The summed E-state index contributed by atoms with van der Waals surface area (Å²) in [4.78, 5) is 21.9. The molecule has 1 aromatic rings. The van der Waals surface area contributed by atoms with Crippen molar-refractivity contribution in [3.05, 3.63) is 35.9 Å². The molecule has 0 aliphatic heterocycles. The van der Waals surface area contributed by atoms with Crippen LogP contribution in [-0.4, -0.2) is 13.1 Å². The summed E-state index contributed by atoms with van der Waals surface area (Å²) in [7, 11) is 1.58. The van der Waals surface area contributed by atoms with Gasteiger partial charge in [0.25, 0.3) is 0 Å². The van der Waals surface area contributed by atoms with Crippen molar-refractivity contribution in [2.24, 2.45) is 5.92 Å². The first-order chi connectivity index (χ1) is 9.72. The van der Waals surface area contributed by atoms with Crippen molar-refractivity contribution in [2.45, 2.75) is 39.0 Å². The molecule has 1 radical (unpaired) electrons. The number of carbonyl (C=O) groups is 1. The van der Waals surface area contributed by atoms with Crippen LogP contribution in [0.2, 0.25) is 0 Å². The van der Waals surface area contributed by atoms with Crippen molar-refractivity contribution in [3.8, 4) is 5.75 Å². The van der Waals surface area contributed by atoms with E-state index < -0.39 is 5.97 Å². The maximum absolute atomic E-state index is 11.8. The molecule has 1 fully saturated rings. The molecule has 1 aliphatic carbocycles. The van der Waals surface area contributed by atoms with Gasteiger partial charge in [-0.3, -0.25) is 4.89 Å². The van der Waals surface area contributed by atoms with Crippen molar-refractivity contribution in [1.82, 2.24) is 0 Å². The van der Waals surface area contributed by atoms with Crippen LogP contribution in [0.5, 0.6) is 5.75 Å². The van der Waals surface area contributed by atoms with Gasteiger partial charge in [-0.25, -0.2) is 4.79 Å². The molecule has 1 aromatic carbocycles. The fourth-order valence-corrected chi connectivity index (χ4v) is 2.36. The molecule has 2 rings (SSSR count). The third-order valence-corrected chi connectivity index (χ3v) is 3.80. The highest BCUT2D eigenvalue weighted by Crippen LogP contribution is 2.32. The third kappa shape index (κ3) is 3.97. The zero-order valence-corrected chi connectivity index (χ0v) is 12.1. The molecule has 0 aromatic heterocycles. The van der Waals surface area contributed by atoms with Crippen LogP contribution in [0.1, 0.15) is 49.4 Å². The van der Waals surface area contributed by atoms with Gasteiger partial charge in [0.15, 0.2) is 0 Å². The summed E-state index contributed by atoms with van der Waals surface area (Å²) in [5.74, 6) is 1.01. The first-order valence-corrected chi connectivity index (χ1v) is 7.10. The van der Waals surface area contributed by atoms with Crippen molar-refractivity contribution >= 4 is 5.97 Å². The van der Waals surface area contributed by atoms with Crippen molar-refractivity contribution in [2.75, 3.05) is 7.11 Å². The summed E-state index contributed by atoms with van der Waals surface area (Å²) < 4.78 is 5.04. The van der Waals surface area contributed by atoms with Gasteiger partial charge in [-0.15, -0.1) is 0 Å². The van der Waals surface area contributed by atoms with Gasteiger partial charge in [-0.05, 0) is 55.9 Å². The Labute approximate surface area is 120 Å². The molecular formula is C16H21O4. The summed E-state index contributed by atoms with van der Waals surface area (Å²) in [5.41, 5.74) is 0.452. The standard InChI is InChI=1S/C16H21O4/c1-3-12-4-8-15(9-5-12)19-20-16(17)13-6-10-14(18-2)11-7-13/h6-7,10-12H,3-5,8-9H2,1-2H3. The molecular weight excluding hydrogens is 256 g/mol. The van der Waals surface area contributed by atoms with Crippen molar-refractivity contribution in [3.63, 3.8) is 0 Å². The van der Waals surface area contributed by atoms with Crippen LogP contribution in [0.3, 0.4) is 0 Å². The molecule has 0 bridgehead atoms. The minimum Gasteiger partial charge on any atom is -0.497 e. The van der Waals surface area contributed by atoms with E-state index in [0.717, 1.165) is 37.7 Å². The van der Waals surface area contributed by atoms with Crippen LogP contribution in [0.4, 0.5) is 0 Å². The van der Waals surface area contributed by atoms with Gasteiger partial charge in [0, 0.05) is 0 Å². The van der Waals surface area contributed by atoms with Gasteiger partial charge in [0.2, 0.25) is 0 Å². The Morgan fingerprint density at radius 3 is 2.40 bits per heavy atom. The zero-order valence-electron chi connectivity index (χ0n) is 12.1. The molecule has 4 nitrogen and oxygen atoms in total. The summed E-state index contributed by atoms with van der Waals surface area (Å²) >= 11 is 0. The molecule has 0 saturated heterocycles. The van der Waals surface area contributed by atoms with Crippen molar-refractivity contribution < 1.29 is 19.3 Å². The summed E-state index contributed by atoms with van der Waals surface area (Å²) in [5, 5.41) is 0. The van der Waals surface area contributed by atoms with E-state index in [0.29, 0.717) is 11.3 Å². The zero-order chi connectivity index (χ0) is 14.4. The topological polar surface area (TPSA) is 44.8 Å². The fourth-order valence-electron chi connectivity index (χ4n) is 2.36. The quantitative estimate of drug-likeness (QED) is 0.604. The first-order valence-electron chi connectivity index (χ1n) is 7.10. The number of hydrogen-bond donors (Lipinski definition) is 0. The lowest BCUT2D eigenvalue weighted by Gasteiger charge is -2.25. The van der Waals surface area contributed by atoms with Gasteiger partial charge in [0.05, 0.1) is 12.7 Å². The molecule has 1 saturated carbocycles. The van der Waals surface area contributed by atoms with E-state index in [1.807, 2.05) is 0 Å². The first kappa shape index (κ1) is 14.9. The average molecular weight is 277 g/mol. The normalized spacial score (nSPS) is 16.9. The van der Waals surface area contributed by atoms with Gasteiger partial charge in [-0.1, -0.05) is 13.3 Å². The number of carbonyl (C=O) groups excluding carboxylic acids is 1. The minimum atomic E-state index is -0.474. The molecule has 109 valence electrons. The predicted molar refractivity (Wildman–Crippen MR) is 75.0 cm³/mol. The molecule has 0 heterocycles. The molecule has 0 N–H and O–H groups in total. The predicted octanol–water partition coefficient (Wildman–Crippen LogP) is 3.92. The van der Waals surface area contributed by atoms with Gasteiger partial charge >= 0.3 is 5.97 Å². The number of hydrogen-bond acceptors (Lipinski definition) is 4. The lowest BCUT2D eigenvalue weighted by Crippen LogP contribution is -2.17. The van der Waals surface area contributed by atoms with Crippen molar-refractivity contribution in [1.29, 1.82) is 0 Å². The maximum Gasteiger partial charge on any atom is 0.373 e. The van der Waals surface area contributed by atoms with Crippen LogP contribution in [0.15, 0.2) is 24.3 Å². The lowest BCUT2D eigenvalue weighted by atomic mass is 9.86. The second kappa shape index (κ2) is 7.29. The molecule has 1 aliphatic rings. The molecule has 0 unspecified atom stereocenters. The Morgan fingerprint density at radius 1 is 1.20 bits per heavy atom. The fraction of sp³-hybridized carbons (Fsp3) is 0.500. The third-order valence-electron chi connectivity index (χ3n) is 3.80. The van der Waals surface area contributed by atoms with E-state index in [4.69, 9.17) is 14.5 Å². The average Bonchev–Trinajstić information content (AvgIpc) is 2.53. The SMILES string of the molecule is CCC1CC[C](OOC(=O)c2ccc(OC)cc2)CC1. The number of ether oxygens (including phenoxy) is 1. The Kier molecular flexibility index (Phi) is 5.41. The summed E-state index contributed by atoms with van der Waals surface area (Å²) in [6.45, 7) is 2.21. The highest BCUT2D eigenvalue weighted by atomic mass is 17.2. The second-order valence-corrected chi connectivity index (χ2v) is 5.07. The van der Waals surface area contributed by atoms with Crippen LogP contribution in [-0.2, 0) is 9.78 Å². The molecule has 20 heavy (non-hydrogen) atoms. The number of rotatable bonds is 5. The van der Waals surface area contributed by atoms with E-state index in [1.165, 1.54) is 6.42 Å². The highest BCUT2D eigenvalue weighted by Gasteiger charge is 2.23. The van der Waals surface area contributed by atoms with Crippen LogP contribution in [0.25, 0.3) is 0 Å². The second-order valence-electron chi connectivity index (χ2n) is 5.07. The molecule has 0 atom stereocenters. The van der Waals surface area contributed by atoms with Crippen LogP contribution in [0, 0.1) is 12.0 Å². The number of methoxy groups -OCH3 is 1. The Hall–Kier alpha value is -1.55. The largest absolute Gasteiger partial charge is 0.497 e. The Balaban J connectivity index is 1.77. The van der Waals surface area contributed by atoms with E-state index in [2.05, 4.69) is 6.92 Å². The van der Waals surface area contributed by atoms with Crippen LogP contribution >= 0.6 is 0 Å². The molecule has 0 spiro atoms. The molecule has 0 amide bonds. The maximum atomic E-state index is 11.8. The van der Waals surface area contributed by atoms with E-state index in [1.54, 1.807) is 31.4 Å². The van der Waals surface area contributed by atoms with Gasteiger partial charge < -0.3 is 4.74 Å². The van der Waals surface area contributed by atoms with Gasteiger partial charge in [-0.2, -0.15) is 4.89 Å². The summed E-state index contributed by atoms with van der Waals surface area (Å²) in [6, 6.07) is 6.75. The highest BCUT2D eigenvalue weighted by molar-refractivity contribution is 5.89. The molecule has 4 heteroatoms. The Morgan fingerprint density at radius 2 is 1.85 bits per heavy atom. The smallest absolute Gasteiger partial charge is 0.373 e. The van der Waals surface area contributed by atoms with Gasteiger partial charge in [0.1, 0.15) is 11.9 Å². The Bertz CT molecular complexity index is 419.